The summed E-state index contributed by atoms with van der Waals surface area (Å²) in [4.78, 5) is 34.2. The highest BCUT2D eigenvalue weighted by molar-refractivity contribution is 5.92. The summed E-state index contributed by atoms with van der Waals surface area (Å²) in [5, 5.41) is 6.25. The van der Waals surface area contributed by atoms with Crippen LogP contribution in [0.25, 0.3) is 11.1 Å². The number of nitrogens with one attached hydrogen (secondary N) is 2. The molecule has 222 valence electrons. The first-order valence-electron chi connectivity index (χ1n) is 14.3. The fraction of sp³-hybridized carbons (Fsp3) is 0.394. The van der Waals surface area contributed by atoms with Gasteiger partial charge in [-0.3, -0.25) is 4.79 Å². The molecule has 0 unspecified atom stereocenters. The molecule has 1 aliphatic carbocycles. The van der Waals surface area contributed by atoms with E-state index in [0.717, 1.165) is 42.5 Å². The number of ether oxygens (including phenoxy) is 2. The number of anilines is 3. The lowest BCUT2D eigenvalue weighted by Crippen LogP contribution is -2.29. The summed E-state index contributed by atoms with van der Waals surface area (Å²) in [6.07, 6.45) is 9.35. The minimum Gasteiger partial charge on any atom is -0.457 e. The number of pyridine rings is 2. The number of nitrogens with zero attached hydrogens (tertiary/aromatic N) is 2. The molecule has 1 amide bonds. The van der Waals surface area contributed by atoms with Crippen LogP contribution in [0.5, 0.6) is 0 Å². The molecule has 3 aromatic rings. The summed E-state index contributed by atoms with van der Waals surface area (Å²) in [5.74, 6) is 0.255. The lowest BCUT2D eigenvalue weighted by molar-refractivity contribution is -0.150. The Morgan fingerprint density at radius 2 is 1.74 bits per heavy atom. The minimum absolute atomic E-state index is 0.0296. The van der Waals surface area contributed by atoms with Gasteiger partial charge in [-0.25, -0.2) is 19.2 Å². The second-order valence-corrected chi connectivity index (χ2v) is 11.2. The van der Waals surface area contributed by atoms with Crippen LogP contribution in [0.4, 0.5) is 21.7 Å². The van der Waals surface area contributed by atoms with Crippen LogP contribution in [-0.4, -0.2) is 40.7 Å². The molecule has 0 radical (unpaired) electrons. The van der Waals surface area contributed by atoms with E-state index in [1.807, 2.05) is 38.1 Å². The van der Waals surface area contributed by atoms with E-state index in [1.165, 1.54) is 18.2 Å². The maximum Gasteiger partial charge on any atom is 0.330 e. The first-order chi connectivity index (χ1) is 20.1. The maximum absolute atomic E-state index is 13.5. The molecule has 1 aromatic carbocycles. The predicted molar refractivity (Wildman–Crippen MR) is 162 cm³/mol. The summed E-state index contributed by atoms with van der Waals surface area (Å²) in [6, 6.07) is 13.7. The van der Waals surface area contributed by atoms with Gasteiger partial charge in [0.25, 0.3) is 0 Å². The SMILES string of the molecule is C/C=C/C(=O)OC(C)(C)CCc1cc(-c2ccnc(NC(=O)C3CCC(OC)CC3)c2)cc(Nc2ccc(F)cc2)n1. The highest BCUT2D eigenvalue weighted by atomic mass is 19.1. The average molecular weight is 575 g/mol. The van der Waals surface area contributed by atoms with Crippen molar-refractivity contribution in [1.29, 1.82) is 0 Å². The number of aryl methyl sites for hydroxylation is 1. The molecule has 0 saturated heterocycles. The van der Waals surface area contributed by atoms with Crippen molar-refractivity contribution in [3.63, 3.8) is 0 Å². The Morgan fingerprint density at radius 1 is 1.02 bits per heavy atom. The Kier molecular flexibility index (Phi) is 10.4. The molecule has 1 aliphatic rings. The van der Waals surface area contributed by atoms with E-state index >= 15 is 0 Å². The molecule has 2 N–H and O–H groups in total. The molecule has 0 spiro atoms. The number of esters is 1. The minimum atomic E-state index is -0.699. The second kappa shape index (κ2) is 14.2. The average Bonchev–Trinajstić information content (AvgIpc) is 2.97. The Hall–Kier alpha value is -4.11. The molecule has 1 saturated carbocycles. The van der Waals surface area contributed by atoms with E-state index in [1.54, 1.807) is 38.4 Å². The number of rotatable bonds is 11. The predicted octanol–water partition coefficient (Wildman–Crippen LogP) is 7.00. The third kappa shape index (κ3) is 8.94. The number of carbonyl (C=O) groups excluding carboxylic acids is 2. The van der Waals surface area contributed by atoms with Crippen LogP contribution < -0.4 is 10.6 Å². The molecule has 4 rings (SSSR count). The normalized spacial score (nSPS) is 17.2. The van der Waals surface area contributed by atoms with Crippen LogP contribution in [0.15, 0.2) is 66.9 Å². The van der Waals surface area contributed by atoms with Crippen molar-refractivity contribution in [2.75, 3.05) is 17.7 Å². The van der Waals surface area contributed by atoms with Gasteiger partial charge >= 0.3 is 5.97 Å². The maximum atomic E-state index is 13.5. The number of allylic oxidation sites excluding steroid dienone is 1. The number of benzene rings is 1. The van der Waals surface area contributed by atoms with Crippen molar-refractivity contribution in [3.05, 3.63) is 78.4 Å². The smallest absolute Gasteiger partial charge is 0.330 e. The van der Waals surface area contributed by atoms with Gasteiger partial charge in [0.1, 0.15) is 23.1 Å². The quantitative estimate of drug-likeness (QED) is 0.188. The summed E-state index contributed by atoms with van der Waals surface area (Å²) in [7, 11) is 1.71. The van der Waals surface area contributed by atoms with E-state index in [0.29, 0.717) is 30.2 Å². The van der Waals surface area contributed by atoms with Gasteiger partial charge in [-0.05, 0) is 119 Å². The number of carbonyl (C=O) groups is 2. The van der Waals surface area contributed by atoms with Gasteiger partial charge in [-0.15, -0.1) is 0 Å². The van der Waals surface area contributed by atoms with Gasteiger partial charge in [0, 0.05) is 36.7 Å². The number of halogens is 1. The molecular formula is C33H39FN4O4. The Bertz CT molecular complexity index is 1400. The monoisotopic (exact) mass is 574 g/mol. The largest absolute Gasteiger partial charge is 0.457 e. The van der Waals surface area contributed by atoms with Gasteiger partial charge in [-0.1, -0.05) is 6.08 Å². The molecule has 0 aliphatic heterocycles. The van der Waals surface area contributed by atoms with Crippen molar-refractivity contribution in [2.45, 2.75) is 71.0 Å². The van der Waals surface area contributed by atoms with Crippen LogP contribution >= 0.6 is 0 Å². The molecular weight excluding hydrogens is 535 g/mol. The lowest BCUT2D eigenvalue weighted by Gasteiger charge is -2.26. The number of hydrogen-bond donors (Lipinski definition) is 2. The fourth-order valence-electron chi connectivity index (χ4n) is 5.02. The van der Waals surface area contributed by atoms with Crippen LogP contribution in [0.1, 0.15) is 58.6 Å². The zero-order valence-corrected chi connectivity index (χ0v) is 24.7. The molecule has 0 atom stereocenters. The zero-order chi connectivity index (χ0) is 30.1. The number of hydrogen-bond acceptors (Lipinski definition) is 7. The number of methoxy groups -OCH3 is 1. The van der Waals surface area contributed by atoms with E-state index < -0.39 is 5.60 Å². The van der Waals surface area contributed by atoms with Crippen molar-refractivity contribution in [1.82, 2.24) is 9.97 Å². The van der Waals surface area contributed by atoms with E-state index in [4.69, 9.17) is 14.5 Å². The molecule has 42 heavy (non-hydrogen) atoms. The second-order valence-electron chi connectivity index (χ2n) is 11.2. The van der Waals surface area contributed by atoms with Gasteiger partial charge in [0.2, 0.25) is 5.91 Å². The Labute approximate surface area is 246 Å². The van der Waals surface area contributed by atoms with Gasteiger partial charge < -0.3 is 20.1 Å². The van der Waals surface area contributed by atoms with Crippen molar-refractivity contribution < 1.29 is 23.5 Å². The van der Waals surface area contributed by atoms with E-state index in [-0.39, 0.29) is 29.7 Å². The van der Waals surface area contributed by atoms with Crippen molar-refractivity contribution in [3.8, 4) is 11.1 Å². The third-order valence-corrected chi connectivity index (χ3v) is 7.38. The first kappa shape index (κ1) is 30.8. The first-order valence-corrected chi connectivity index (χ1v) is 14.3. The van der Waals surface area contributed by atoms with Crippen LogP contribution in [0.3, 0.4) is 0 Å². The Morgan fingerprint density at radius 3 is 2.43 bits per heavy atom. The van der Waals surface area contributed by atoms with Crippen LogP contribution in [0, 0.1) is 11.7 Å². The Balaban J connectivity index is 1.55. The van der Waals surface area contributed by atoms with Gasteiger partial charge in [-0.2, -0.15) is 0 Å². The van der Waals surface area contributed by atoms with E-state index in [2.05, 4.69) is 15.6 Å². The summed E-state index contributed by atoms with van der Waals surface area (Å²) < 4.78 is 24.5. The fourth-order valence-corrected chi connectivity index (χ4v) is 5.02. The van der Waals surface area contributed by atoms with Crippen molar-refractivity contribution >= 4 is 29.2 Å². The van der Waals surface area contributed by atoms with Crippen molar-refractivity contribution in [2.24, 2.45) is 5.92 Å². The topological polar surface area (TPSA) is 102 Å². The molecule has 9 heteroatoms. The standard InChI is InChI=1S/C33H39FN4O4/c1-5-6-31(39)42-33(2,3)17-15-27-19-24(21-30(37-27)36-26-11-9-25(34)10-12-26)23-16-18-35-29(20-23)38-32(40)22-7-13-28(41-4)14-8-22/h5-6,9-12,16,18-22,28H,7-8,13-15,17H2,1-4H3,(H,36,37)(H,35,38,40)/b6-5+. The van der Waals surface area contributed by atoms with Gasteiger partial charge in [0.15, 0.2) is 0 Å². The molecule has 0 bridgehead atoms. The molecule has 2 aromatic heterocycles. The van der Waals surface area contributed by atoms with Gasteiger partial charge in [0.05, 0.1) is 6.10 Å². The number of amides is 1. The summed E-state index contributed by atoms with van der Waals surface area (Å²) in [6.45, 7) is 5.51. The highest BCUT2D eigenvalue weighted by Gasteiger charge is 2.26. The number of aromatic nitrogens is 2. The van der Waals surface area contributed by atoms with Crippen LogP contribution in [-0.2, 0) is 25.5 Å². The zero-order valence-electron chi connectivity index (χ0n) is 24.7. The molecule has 2 heterocycles. The molecule has 1 fully saturated rings. The molecule has 8 nitrogen and oxygen atoms in total. The van der Waals surface area contributed by atoms with E-state index in [9.17, 15) is 14.0 Å². The lowest BCUT2D eigenvalue weighted by atomic mass is 9.87. The third-order valence-electron chi connectivity index (χ3n) is 7.38. The summed E-state index contributed by atoms with van der Waals surface area (Å²) >= 11 is 0. The summed E-state index contributed by atoms with van der Waals surface area (Å²) in [5.41, 5.74) is 2.50. The van der Waals surface area contributed by atoms with Crippen LogP contribution in [0.2, 0.25) is 0 Å². The highest BCUT2D eigenvalue weighted by Crippen LogP contribution is 2.30.